The Bertz CT molecular complexity index is 899. The lowest BCUT2D eigenvalue weighted by atomic mass is 9.89. The molecule has 3 aliphatic rings. The number of rotatable bonds is 5. The molecule has 2 N–H and O–H groups in total. The highest BCUT2D eigenvalue weighted by Crippen LogP contribution is 2.50. The number of hydrogen-bond donors (Lipinski definition) is 1. The maximum atomic E-state index is 12.5. The maximum Gasteiger partial charge on any atom is 0.164 e. The van der Waals surface area contributed by atoms with E-state index in [4.69, 9.17) is 5.73 Å². The average Bonchev–Trinajstić information content (AvgIpc) is 3.04. The number of anilines is 2. The van der Waals surface area contributed by atoms with Gasteiger partial charge >= 0.3 is 0 Å². The Labute approximate surface area is 171 Å². The number of carbonyl (C=O) groups excluding carboxylic acids is 1. The Balaban J connectivity index is 1.22. The third-order valence-electron chi connectivity index (χ3n) is 6.51. The minimum atomic E-state index is 0.165. The Hall–Kier alpha value is -1.98. The van der Waals surface area contributed by atoms with Crippen LogP contribution < -0.4 is 10.6 Å². The summed E-state index contributed by atoms with van der Waals surface area (Å²) < 4.78 is 0. The molecule has 0 saturated carbocycles. The predicted molar refractivity (Wildman–Crippen MR) is 117 cm³/mol. The number of nitrogens with zero attached hydrogens (tertiary/aromatic N) is 2. The highest BCUT2D eigenvalue weighted by molar-refractivity contribution is 7.99. The number of likely N-dealkylation sites (tertiary alicyclic amines) is 1. The van der Waals surface area contributed by atoms with Crippen molar-refractivity contribution in [3.05, 3.63) is 53.6 Å². The van der Waals surface area contributed by atoms with Crippen molar-refractivity contribution in [3.63, 3.8) is 0 Å². The molecule has 2 aromatic rings. The van der Waals surface area contributed by atoms with Gasteiger partial charge in [0.25, 0.3) is 0 Å². The normalized spacial score (nSPS) is 23.4. The van der Waals surface area contributed by atoms with Crippen LogP contribution in [-0.4, -0.2) is 48.7 Å². The number of fused-ring (bicyclic) bond motifs is 3. The number of thioether (sulfide) groups is 1. The molecule has 2 aromatic carbocycles. The first-order chi connectivity index (χ1) is 13.7. The molecule has 5 rings (SSSR count). The smallest absolute Gasteiger partial charge is 0.164 e. The molecular formula is C23H27N3OS. The monoisotopic (exact) mass is 393 g/mol. The van der Waals surface area contributed by atoms with E-state index in [0.29, 0.717) is 29.6 Å². The van der Waals surface area contributed by atoms with E-state index < -0.39 is 0 Å². The number of nitrogen functional groups attached to an aromatic ring is 1. The number of ketones is 1. The Kier molecular flexibility index (Phi) is 4.81. The van der Waals surface area contributed by atoms with Crippen LogP contribution in [0.4, 0.5) is 11.4 Å². The lowest BCUT2D eigenvalue weighted by Crippen LogP contribution is -2.47. The van der Waals surface area contributed by atoms with E-state index in [0.717, 1.165) is 26.1 Å². The van der Waals surface area contributed by atoms with Gasteiger partial charge in [-0.05, 0) is 43.1 Å². The van der Waals surface area contributed by atoms with Gasteiger partial charge in [-0.1, -0.05) is 24.3 Å². The highest BCUT2D eigenvalue weighted by atomic mass is 32.2. The van der Waals surface area contributed by atoms with E-state index in [1.807, 2.05) is 30.0 Å². The number of piperidine rings is 1. The second-order valence-electron chi connectivity index (χ2n) is 8.11. The largest absolute Gasteiger partial charge is 0.398 e. The summed E-state index contributed by atoms with van der Waals surface area (Å²) in [6.45, 7) is 4.42. The summed E-state index contributed by atoms with van der Waals surface area (Å²) in [6.07, 6.45) is 2.70. The number of hydrogen-bond acceptors (Lipinski definition) is 5. The van der Waals surface area contributed by atoms with Gasteiger partial charge in [0.2, 0.25) is 0 Å². The van der Waals surface area contributed by atoms with Crippen molar-refractivity contribution in [2.45, 2.75) is 36.1 Å². The third kappa shape index (κ3) is 3.11. The predicted octanol–water partition coefficient (Wildman–Crippen LogP) is 4.02. The van der Waals surface area contributed by atoms with Gasteiger partial charge in [-0.15, -0.1) is 11.8 Å². The standard InChI is InChI=1S/C23H27N3OS/c24-19-7-2-1-5-17(19)21(27)8-4-11-25-12-10-20-18(15-25)16-6-3-9-22-23(16)26(20)13-14-28-22/h1-3,5-7,9,18,20H,4,8,10-15,24H2/t18-,20-/m0/s1. The summed E-state index contributed by atoms with van der Waals surface area (Å²) in [4.78, 5) is 19.2. The minimum Gasteiger partial charge on any atom is -0.398 e. The number of Topliss-reactive ketones (excluding diaryl/α,β-unsaturated/α-hetero) is 1. The van der Waals surface area contributed by atoms with Crippen LogP contribution in [0.15, 0.2) is 47.4 Å². The zero-order chi connectivity index (χ0) is 19.1. The number of benzene rings is 2. The summed E-state index contributed by atoms with van der Waals surface area (Å²) in [7, 11) is 0. The van der Waals surface area contributed by atoms with Crippen molar-refractivity contribution in [1.82, 2.24) is 4.90 Å². The maximum absolute atomic E-state index is 12.5. The molecule has 0 bridgehead atoms. The lowest BCUT2D eigenvalue weighted by molar-refractivity contribution is 0.0972. The summed E-state index contributed by atoms with van der Waals surface area (Å²) >= 11 is 2.01. The summed E-state index contributed by atoms with van der Waals surface area (Å²) in [5, 5.41) is 0. The van der Waals surface area contributed by atoms with E-state index in [1.54, 1.807) is 11.6 Å². The van der Waals surface area contributed by atoms with Gasteiger partial charge in [0.1, 0.15) is 0 Å². The molecule has 146 valence electrons. The summed E-state index contributed by atoms with van der Waals surface area (Å²) in [6, 6.07) is 14.9. The van der Waals surface area contributed by atoms with Crippen LogP contribution in [-0.2, 0) is 0 Å². The molecule has 0 radical (unpaired) electrons. The molecular weight excluding hydrogens is 366 g/mol. The van der Waals surface area contributed by atoms with Gasteiger partial charge in [-0.25, -0.2) is 0 Å². The molecule has 3 heterocycles. The van der Waals surface area contributed by atoms with E-state index in [2.05, 4.69) is 28.0 Å². The molecule has 0 spiro atoms. The first-order valence-electron chi connectivity index (χ1n) is 10.3. The van der Waals surface area contributed by atoms with E-state index in [1.165, 1.54) is 29.3 Å². The number of carbonyl (C=O) groups is 1. The van der Waals surface area contributed by atoms with Crippen molar-refractivity contribution in [3.8, 4) is 0 Å². The van der Waals surface area contributed by atoms with E-state index in [-0.39, 0.29) is 5.78 Å². The van der Waals surface area contributed by atoms with Crippen LogP contribution in [0, 0.1) is 0 Å². The Morgan fingerprint density at radius 1 is 1.14 bits per heavy atom. The molecule has 1 saturated heterocycles. The van der Waals surface area contributed by atoms with Crippen molar-refractivity contribution in [1.29, 1.82) is 0 Å². The Morgan fingerprint density at radius 3 is 2.93 bits per heavy atom. The average molecular weight is 394 g/mol. The molecule has 0 amide bonds. The fourth-order valence-electron chi connectivity index (χ4n) is 5.20. The molecule has 0 aromatic heterocycles. The fourth-order valence-corrected chi connectivity index (χ4v) is 6.25. The SMILES string of the molecule is Nc1ccccc1C(=O)CCCN1CC[C@H]2[C@@H](C1)c1cccc3c1N2CCS3. The van der Waals surface area contributed by atoms with Crippen LogP contribution >= 0.6 is 11.8 Å². The molecule has 5 heteroatoms. The van der Waals surface area contributed by atoms with Crippen LogP contribution in [0.1, 0.15) is 41.1 Å². The minimum absolute atomic E-state index is 0.165. The Morgan fingerprint density at radius 2 is 2.04 bits per heavy atom. The third-order valence-corrected chi connectivity index (χ3v) is 7.53. The van der Waals surface area contributed by atoms with Crippen LogP contribution in [0.25, 0.3) is 0 Å². The zero-order valence-electron chi connectivity index (χ0n) is 16.1. The van der Waals surface area contributed by atoms with Crippen molar-refractivity contribution < 1.29 is 4.79 Å². The molecule has 0 aliphatic carbocycles. The second kappa shape index (κ2) is 7.45. The molecule has 2 atom stereocenters. The number of para-hydroxylation sites is 2. The molecule has 0 unspecified atom stereocenters. The van der Waals surface area contributed by atoms with Gasteiger partial charge in [-0.2, -0.15) is 0 Å². The first kappa shape index (κ1) is 18.1. The van der Waals surface area contributed by atoms with Crippen molar-refractivity contribution in [2.24, 2.45) is 0 Å². The highest BCUT2D eigenvalue weighted by Gasteiger charge is 2.43. The van der Waals surface area contributed by atoms with Crippen LogP contribution in [0.5, 0.6) is 0 Å². The van der Waals surface area contributed by atoms with E-state index >= 15 is 0 Å². The topological polar surface area (TPSA) is 49.6 Å². The van der Waals surface area contributed by atoms with Crippen molar-refractivity contribution >= 4 is 28.9 Å². The van der Waals surface area contributed by atoms with Gasteiger partial charge in [-0.3, -0.25) is 4.79 Å². The molecule has 1 fully saturated rings. The first-order valence-corrected chi connectivity index (χ1v) is 11.3. The molecule has 3 aliphatic heterocycles. The van der Waals surface area contributed by atoms with Gasteiger partial charge in [0.15, 0.2) is 5.78 Å². The van der Waals surface area contributed by atoms with Crippen LogP contribution in [0.3, 0.4) is 0 Å². The quantitative estimate of drug-likeness (QED) is 0.614. The zero-order valence-corrected chi connectivity index (χ0v) is 17.0. The van der Waals surface area contributed by atoms with Gasteiger partial charge in [0.05, 0.1) is 5.69 Å². The van der Waals surface area contributed by atoms with Crippen molar-refractivity contribution in [2.75, 3.05) is 42.6 Å². The van der Waals surface area contributed by atoms with Gasteiger partial charge < -0.3 is 15.5 Å². The second-order valence-corrected chi connectivity index (χ2v) is 9.25. The van der Waals surface area contributed by atoms with Gasteiger partial charge in [0, 0.05) is 59.9 Å². The fraction of sp³-hybridized carbons (Fsp3) is 0.435. The molecule has 28 heavy (non-hydrogen) atoms. The van der Waals surface area contributed by atoms with E-state index in [9.17, 15) is 4.79 Å². The lowest BCUT2D eigenvalue weighted by Gasteiger charge is -2.40. The number of nitrogens with two attached hydrogens (primary N) is 1. The summed E-state index contributed by atoms with van der Waals surface area (Å²) in [5.74, 6) is 1.98. The van der Waals surface area contributed by atoms with Crippen LogP contribution in [0.2, 0.25) is 0 Å². The summed E-state index contributed by atoms with van der Waals surface area (Å²) in [5.41, 5.74) is 10.3. The molecule has 4 nitrogen and oxygen atoms in total.